The Balaban J connectivity index is 1.89. The largest absolute Gasteiger partial charge is 0.364 e. The Morgan fingerprint density at radius 1 is 1.44 bits per heavy atom. The number of aromatic nitrogens is 1. The van der Waals surface area contributed by atoms with Gasteiger partial charge in [0.05, 0.1) is 0 Å². The average Bonchev–Trinajstić information content (AvgIpc) is 2.73. The predicted molar refractivity (Wildman–Crippen MR) is 60.3 cm³/mol. The number of amides is 1. The van der Waals surface area contributed by atoms with E-state index in [-0.39, 0.29) is 5.91 Å². The van der Waals surface area contributed by atoms with Gasteiger partial charge in [0.25, 0.3) is 0 Å². The van der Waals surface area contributed by atoms with Crippen LogP contribution in [0.15, 0.2) is 6.20 Å². The Bertz CT molecular complexity index is 371. The number of nitrogens with one attached hydrogen (secondary N) is 2. The standard InChI is InChI=1S/C12H18N2O2/c15-12(14-16)7-3-4-9-8-13-11-6-2-1-5-10(9)11/h8,13,16H,1-7H2,(H,14,15). The van der Waals surface area contributed by atoms with Crippen molar-refractivity contribution in [2.45, 2.75) is 44.9 Å². The number of fused-ring (bicyclic) bond motifs is 1. The maximum Gasteiger partial charge on any atom is 0.243 e. The van der Waals surface area contributed by atoms with Crippen molar-refractivity contribution < 1.29 is 10.0 Å². The van der Waals surface area contributed by atoms with Crippen LogP contribution in [0, 0.1) is 0 Å². The fraction of sp³-hybridized carbons (Fsp3) is 0.583. The van der Waals surface area contributed by atoms with Crippen LogP contribution in [0.25, 0.3) is 0 Å². The van der Waals surface area contributed by atoms with E-state index in [1.165, 1.54) is 36.1 Å². The summed E-state index contributed by atoms with van der Waals surface area (Å²) in [6, 6.07) is 0. The van der Waals surface area contributed by atoms with Crippen molar-refractivity contribution in [3.05, 3.63) is 23.0 Å². The van der Waals surface area contributed by atoms with Crippen molar-refractivity contribution in [3.63, 3.8) is 0 Å². The van der Waals surface area contributed by atoms with Crippen LogP contribution in [0.4, 0.5) is 0 Å². The fourth-order valence-corrected chi connectivity index (χ4v) is 2.40. The first-order valence-corrected chi connectivity index (χ1v) is 5.92. The fourth-order valence-electron chi connectivity index (χ4n) is 2.40. The van der Waals surface area contributed by atoms with Gasteiger partial charge in [-0.3, -0.25) is 10.0 Å². The quantitative estimate of drug-likeness (QED) is 0.536. The summed E-state index contributed by atoms with van der Waals surface area (Å²) in [7, 11) is 0. The SMILES string of the molecule is O=C(CCCc1c[nH]c2c1CCCC2)NO. The molecule has 1 aromatic heterocycles. The molecule has 0 unspecified atom stereocenters. The van der Waals surface area contributed by atoms with Crippen LogP contribution in [0.1, 0.15) is 42.5 Å². The van der Waals surface area contributed by atoms with Gasteiger partial charge in [0.2, 0.25) is 5.91 Å². The van der Waals surface area contributed by atoms with Crippen molar-refractivity contribution in [2.75, 3.05) is 0 Å². The molecule has 16 heavy (non-hydrogen) atoms. The second-order valence-corrected chi connectivity index (χ2v) is 4.37. The average molecular weight is 222 g/mol. The molecule has 4 heteroatoms. The van der Waals surface area contributed by atoms with E-state index in [4.69, 9.17) is 5.21 Å². The minimum Gasteiger partial charge on any atom is -0.364 e. The van der Waals surface area contributed by atoms with Gasteiger partial charge in [-0.2, -0.15) is 0 Å². The van der Waals surface area contributed by atoms with Gasteiger partial charge in [0, 0.05) is 18.3 Å². The lowest BCUT2D eigenvalue weighted by atomic mass is 9.93. The zero-order chi connectivity index (χ0) is 11.4. The smallest absolute Gasteiger partial charge is 0.243 e. The number of aromatic amines is 1. The van der Waals surface area contributed by atoms with E-state index >= 15 is 0 Å². The second kappa shape index (κ2) is 5.16. The molecule has 0 bridgehead atoms. The molecule has 0 atom stereocenters. The van der Waals surface area contributed by atoms with Crippen molar-refractivity contribution >= 4 is 5.91 Å². The van der Waals surface area contributed by atoms with Crippen LogP contribution in [0.3, 0.4) is 0 Å². The highest BCUT2D eigenvalue weighted by atomic mass is 16.5. The molecule has 1 aromatic rings. The third-order valence-corrected chi connectivity index (χ3v) is 3.25. The van der Waals surface area contributed by atoms with Crippen molar-refractivity contribution in [1.29, 1.82) is 0 Å². The molecule has 1 heterocycles. The highest BCUT2D eigenvalue weighted by molar-refractivity contribution is 5.74. The zero-order valence-corrected chi connectivity index (χ0v) is 9.38. The summed E-state index contributed by atoms with van der Waals surface area (Å²) < 4.78 is 0. The first-order valence-electron chi connectivity index (χ1n) is 5.92. The molecule has 4 nitrogen and oxygen atoms in total. The van der Waals surface area contributed by atoms with Gasteiger partial charge in [0.15, 0.2) is 0 Å². The molecule has 0 radical (unpaired) electrons. The molecule has 1 aliphatic rings. The lowest BCUT2D eigenvalue weighted by Gasteiger charge is -2.12. The Morgan fingerprint density at radius 3 is 3.06 bits per heavy atom. The van der Waals surface area contributed by atoms with Crippen LogP contribution in [0.2, 0.25) is 0 Å². The van der Waals surface area contributed by atoms with E-state index in [0.29, 0.717) is 6.42 Å². The minimum absolute atomic E-state index is 0.301. The molecular formula is C12H18N2O2. The topological polar surface area (TPSA) is 65.1 Å². The van der Waals surface area contributed by atoms with Gasteiger partial charge in [-0.25, -0.2) is 5.48 Å². The molecule has 3 N–H and O–H groups in total. The number of aryl methyl sites for hydroxylation is 2. The number of rotatable bonds is 4. The summed E-state index contributed by atoms with van der Waals surface area (Å²) in [5.41, 5.74) is 5.86. The molecule has 1 aliphatic carbocycles. The van der Waals surface area contributed by atoms with Gasteiger partial charge in [-0.15, -0.1) is 0 Å². The number of carbonyl (C=O) groups excluding carboxylic acids is 1. The predicted octanol–water partition coefficient (Wildman–Crippen LogP) is 1.72. The molecule has 1 amide bonds. The molecule has 2 rings (SSSR count). The summed E-state index contributed by atoms with van der Waals surface area (Å²) in [5.74, 6) is -0.301. The normalized spacial score (nSPS) is 14.6. The van der Waals surface area contributed by atoms with Crippen molar-refractivity contribution in [2.24, 2.45) is 0 Å². The van der Waals surface area contributed by atoms with Gasteiger partial charge in [-0.05, 0) is 49.7 Å². The van der Waals surface area contributed by atoms with E-state index < -0.39 is 0 Å². The summed E-state index contributed by atoms with van der Waals surface area (Å²) in [5, 5.41) is 8.38. The highest BCUT2D eigenvalue weighted by Gasteiger charge is 2.14. The van der Waals surface area contributed by atoms with E-state index in [2.05, 4.69) is 11.2 Å². The lowest BCUT2D eigenvalue weighted by molar-refractivity contribution is -0.129. The molecule has 0 saturated heterocycles. The lowest BCUT2D eigenvalue weighted by Crippen LogP contribution is -2.18. The van der Waals surface area contributed by atoms with Gasteiger partial charge >= 0.3 is 0 Å². The molecule has 0 spiro atoms. The van der Waals surface area contributed by atoms with E-state index in [9.17, 15) is 4.79 Å². The van der Waals surface area contributed by atoms with Crippen molar-refractivity contribution in [3.8, 4) is 0 Å². The maximum absolute atomic E-state index is 10.9. The molecule has 88 valence electrons. The van der Waals surface area contributed by atoms with Crippen LogP contribution in [-0.2, 0) is 24.1 Å². The highest BCUT2D eigenvalue weighted by Crippen LogP contribution is 2.24. The monoisotopic (exact) mass is 222 g/mol. The molecule has 0 aliphatic heterocycles. The summed E-state index contributed by atoms with van der Waals surface area (Å²) in [6.07, 6.45) is 9.04. The Morgan fingerprint density at radius 2 is 2.25 bits per heavy atom. The molecule has 0 aromatic carbocycles. The number of H-pyrrole nitrogens is 1. The van der Waals surface area contributed by atoms with Crippen LogP contribution < -0.4 is 5.48 Å². The number of carbonyl (C=O) groups is 1. The first kappa shape index (κ1) is 11.2. The minimum atomic E-state index is -0.301. The van der Waals surface area contributed by atoms with Crippen LogP contribution >= 0.6 is 0 Å². The van der Waals surface area contributed by atoms with Gasteiger partial charge in [0.1, 0.15) is 0 Å². The number of hydroxylamine groups is 1. The number of hydrogen-bond donors (Lipinski definition) is 3. The van der Waals surface area contributed by atoms with E-state index in [1.807, 2.05) is 0 Å². The Labute approximate surface area is 95.0 Å². The molecule has 0 saturated carbocycles. The van der Waals surface area contributed by atoms with Gasteiger partial charge in [-0.1, -0.05) is 0 Å². The Kier molecular flexibility index (Phi) is 3.62. The molecular weight excluding hydrogens is 204 g/mol. The summed E-state index contributed by atoms with van der Waals surface area (Å²) >= 11 is 0. The maximum atomic E-state index is 10.9. The first-order chi connectivity index (χ1) is 7.81. The number of hydrogen-bond acceptors (Lipinski definition) is 2. The van der Waals surface area contributed by atoms with Gasteiger partial charge < -0.3 is 4.98 Å². The van der Waals surface area contributed by atoms with E-state index in [0.717, 1.165) is 19.3 Å². The van der Waals surface area contributed by atoms with Crippen LogP contribution in [0.5, 0.6) is 0 Å². The summed E-state index contributed by atoms with van der Waals surface area (Å²) in [4.78, 5) is 14.2. The summed E-state index contributed by atoms with van der Waals surface area (Å²) in [6.45, 7) is 0. The van der Waals surface area contributed by atoms with Crippen LogP contribution in [-0.4, -0.2) is 16.1 Å². The Hall–Kier alpha value is -1.29. The van der Waals surface area contributed by atoms with Crippen molar-refractivity contribution in [1.82, 2.24) is 10.5 Å². The second-order valence-electron chi connectivity index (χ2n) is 4.37. The van der Waals surface area contributed by atoms with E-state index in [1.54, 1.807) is 5.48 Å². The zero-order valence-electron chi connectivity index (χ0n) is 9.38. The third kappa shape index (κ3) is 2.44. The molecule has 0 fully saturated rings. The third-order valence-electron chi connectivity index (χ3n) is 3.25.